The summed E-state index contributed by atoms with van der Waals surface area (Å²) in [6, 6.07) is 10.3. The van der Waals surface area contributed by atoms with Gasteiger partial charge in [-0.05, 0) is 59.7 Å². The number of rotatable bonds is 5. The second-order valence-electron chi connectivity index (χ2n) is 8.27. The molecule has 0 heterocycles. The van der Waals surface area contributed by atoms with Crippen LogP contribution in [0.1, 0.15) is 33.0 Å². The molecule has 2 unspecified atom stereocenters. The first kappa shape index (κ1) is 27.8. The van der Waals surface area contributed by atoms with Crippen molar-refractivity contribution < 1.29 is 27.2 Å². The van der Waals surface area contributed by atoms with Gasteiger partial charge in [0.15, 0.2) is 0 Å². The monoisotopic (exact) mass is 612 g/mol. The standard InChI is InChI=1S/C24H13Cl5F4N2O2/c25-13-5-11(6-14(26)9-13)19-22(21(34)37,23(19,28)29)12-2-3-16(27)18(8-12)35-20(36)10-1-4-17(30)15(7-10)24(31,32)33/h1-9,19H,(H2,34,37)(H,35,36). The molecule has 3 aromatic rings. The number of nitrogens with two attached hydrogens (primary N) is 1. The van der Waals surface area contributed by atoms with Crippen molar-refractivity contribution in [2.24, 2.45) is 5.73 Å². The Labute approximate surface area is 232 Å². The lowest BCUT2D eigenvalue weighted by molar-refractivity contribution is -0.140. The normalized spacial score (nSPS) is 20.4. The minimum Gasteiger partial charge on any atom is -0.369 e. The molecule has 3 N–H and O–H groups in total. The van der Waals surface area contributed by atoms with Gasteiger partial charge < -0.3 is 11.1 Å². The lowest BCUT2D eigenvalue weighted by Crippen LogP contribution is -2.34. The molecular weight excluding hydrogens is 602 g/mol. The van der Waals surface area contributed by atoms with E-state index in [0.29, 0.717) is 17.7 Å². The molecule has 2 atom stereocenters. The number of carbonyl (C=O) groups excluding carboxylic acids is 2. The third kappa shape index (κ3) is 4.74. The number of anilines is 1. The molecule has 0 bridgehead atoms. The minimum absolute atomic E-state index is 0.0207. The maximum atomic E-state index is 13.6. The largest absolute Gasteiger partial charge is 0.419 e. The van der Waals surface area contributed by atoms with E-state index in [0.717, 1.165) is 6.07 Å². The number of hydrogen-bond acceptors (Lipinski definition) is 2. The molecule has 4 nitrogen and oxygen atoms in total. The Hall–Kier alpha value is -2.23. The van der Waals surface area contributed by atoms with Crippen LogP contribution in [0.2, 0.25) is 15.1 Å². The van der Waals surface area contributed by atoms with Crippen LogP contribution < -0.4 is 11.1 Å². The maximum Gasteiger partial charge on any atom is 0.419 e. The average Bonchev–Trinajstić information content (AvgIpc) is 3.31. The van der Waals surface area contributed by atoms with Crippen molar-refractivity contribution in [2.75, 3.05) is 5.32 Å². The van der Waals surface area contributed by atoms with Crippen molar-refractivity contribution in [3.05, 3.63) is 97.7 Å². The van der Waals surface area contributed by atoms with E-state index >= 15 is 0 Å². The van der Waals surface area contributed by atoms with E-state index in [1.165, 1.54) is 36.4 Å². The first-order valence-corrected chi connectivity index (χ1v) is 12.1. The van der Waals surface area contributed by atoms with Gasteiger partial charge in [-0.25, -0.2) is 4.39 Å². The molecule has 1 aliphatic carbocycles. The van der Waals surface area contributed by atoms with Crippen molar-refractivity contribution in [3.63, 3.8) is 0 Å². The van der Waals surface area contributed by atoms with Crippen LogP contribution in [-0.4, -0.2) is 16.1 Å². The van der Waals surface area contributed by atoms with Crippen LogP contribution in [0.5, 0.6) is 0 Å². The SMILES string of the molecule is NC(=O)C1(c2ccc(Cl)c(NC(=O)c3ccc(F)c(C(F)(F)F)c3)c2)C(c2cc(Cl)cc(Cl)c2)C1(Cl)Cl. The Kier molecular flexibility index (Phi) is 7.14. The van der Waals surface area contributed by atoms with Gasteiger partial charge in [-0.3, -0.25) is 9.59 Å². The Bertz CT molecular complexity index is 1430. The van der Waals surface area contributed by atoms with Crippen molar-refractivity contribution in [3.8, 4) is 0 Å². The molecule has 4 rings (SSSR count). The highest BCUT2D eigenvalue weighted by Crippen LogP contribution is 2.74. The summed E-state index contributed by atoms with van der Waals surface area (Å²) < 4.78 is 51.1. The zero-order chi connectivity index (χ0) is 27.5. The molecular formula is C24H13Cl5F4N2O2. The number of alkyl halides is 5. The van der Waals surface area contributed by atoms with Gasteiger partial charge in [-0.2, -0.15) is 13.2 Å². The number of halogens is 9. The van der Waals surface area contributed by atoms with Gasteiger partial charge in [-0.15, -0.1) is 0 Å². The van der Waals surface area contributed by atoms with Crippen LogP contribution in [0.25, 0.3) is 0 Å². The van der Waals surface area contributed by atoms with Crippen LogP contribution in [-0.2, 0) is 16.4 Å². The number of nitrogens with one attached hydrogen (secondary N) is 1. The molecule has 1 saturated carbocycles. The molecule has 1 fully saturated rings. The third-order valence-electron chi connectivity index (χ3n) is 6.05. The summed E-state index contributed by atoms with van der Waals surface area (Å²) >= 11 is 31.6. The van der Waals surface area contributed by atoms with Gasteiger partial charge in [-0.1, -0.05) is 64.1 Å². The number of primary amides is 1. The van der Waals surface area contributed by atoms with Crippen LogP contribution in [0, 0.1) is 5.82 Å². The summed E-state index contributed by atoms with van der Waals surface area (Å²) in [7, 11) is 0. The summed E-state index contributed by atoms with van der Waals surface area (Å²) in [6.07, 6.45) is -5.01. The topological polar surface area (TPSA) is 72.2 Å². The van der Waals surface area contributed by atoms with E-state index in [-0.39, 0.29) is 26.3 Å². The summed E-state index contributed by atoms with van der Waals surface area (Å²) in [4.78, 5) is 25.5. The van der Waals surface area contributed by atoms with E-state index in [2.05, 4.69) is 5.32 Å². The number of hydrogen-bond donors (Lipinski definition) is 2. The molecule has 2 amide bonds. The quantitative estimate of drug-likeness (QED) is 0.228. The van der Waals surface area contributed by atoms with Gasteiger partial charge in [0.25, 0.3) is 5.91 Å². The van der Waals surface area contributed by atoms with E-state index in [9.17, 15) is 27.2 Å². The summed E-state index contributed by atoms with van der Waals surface area (Å²) in [5.41, 5.74) is 2.48. The lowest BCUT2D eigenvalue weighted by Gasteiger charge is -2.18. The van der Waals surface area contributed by atoms with Crippen molar-refractivity contribution in [1.82, 2.24) is 0 Å². The highest BCUT2D eigenvalue weighted by Gasteiger charge is 2.80. The molecule has 0 radical (unpaired) electrons. The Morgan fingerprint density at radius 2 is 1.54 bits per heavy atom. The molecule has 1 aliphatic rings. The Morgan fingerprint density at radius 1 is 0.919 bits per heavy atom. The lowest BCUT2D eigenvalue weighted by atomic mass is 9.89. The fourth-order valence-electron chi connectivity index (χ4n) is 4.36. The van der Waals surface area contributed by atoms with E-state index in [1.807, 2.05) is 0 Å². The van der Waals surface area contributed by atoms with Crippen LogP contribution in [0.4, 0.5) is 23.2 Å². The summed E-state index contributed by atoms with van der Waals surface area (Å²) in [5.74, 6) is -4.34. The second-order valence-corrected chi connectivity index (χ2v) is 10.9. The molecule has 0 aromatic heterocycles. The van der Waals surface area contributed by atoms with Gasteiger partial charge in [0.2, 0.25) is 5.91 Å². The van der Waals surface area contributed by atoms with E-state index in [4.69, 9.17) is 63.7 Å². The van der Waals surface area contributed by atoms with Gasteiger partial charge in [0.1, 0.15) is 15.6 Å². The number of carbonyl (C=O) groups is 2. The number of amides is 2. The highest BCUT2D eigenvalue weighted by atomic mass is 35.5. The smallest absolute Gasteiger partial charge is 0.369 e. The van der Waals surface area contributed by atoms with E-state index < -0.39 is 50.6 Å². The van der Waals surface area contributed by atoms with Crippen LogP contribution >= 0.6 is 58.0 Å². The predicted octanol–water partition coefficient (Wildman–Crippen LogP) is 7.75. The third-order valence-corrected chi connectivity index (χ3v) is 7.85. The molecule has 3 aromatic carbocycles. The zero-order valence-electron chi connectivity index (χ0n) is 18.1. The van der Waals surface area contributed by atoms with Gasteiger partial charge >= 0.3 is 6.18 Å². The molecule has 0 saturated heterocycles. The van der Waals surface area contributed by atoms with E-state index in [1.54, 1.807) is 0 Å². The number of benzene rings is 3. The maximum absolute atomic E-state index is 13.6. The van der Waals surface area contributed by atoms with Crippen molar-refractivity contribution in [1.29, 1.82) is 0 Å². The molecule has 0 spiro atoms. The summed E-state index contributed by atoms with van der Waals surface area (Å²) in [6.45, 7) is 0. The van der Waals surface area contributed by atoms with Crippen LogP contribution in [0.3, 0.4) is 0 Å². The molecule has 37 heavy (non-hydrogen) atoms. The van der Waals surface area contributed by atoms with Crippen molar-refractivity contribution >= 4 is 75.5 Å². The highest BCUT2D eigenvalue weighted by molar-refractivity contribution is 6.55. The average molecular weight is 615 g/mol. The Morgan fingerprint density at radius 3 is 2.11 bits per heavy atom. The van der Waals surface area contributed by atoms with Gasteiger partial charge in [0, 0.05) is 21.5 Å². The second kappa shape index (κ2) is 9.50. The molecule has 0 aliphatic heterocycles. The molecule has 194 valence electrons. The predicted molar refractivity (Wildman–Crippen MR) is 135 cm³/mol. The zero-order valence-corrected chi connectivity index (χ0v) is 21.8. The first-order valence-electron chi connectivity index (χ1n) is 10.2. The minimum atomic E-state index is -5.01. The molecule has 13 heteroatoms. The van der Waals surface area contributed by atoms with Gasteiger partial charge in [0.05, 0.1) is 16.3 Å². The summed E-state index contributed by atoms with van der Waals surface area (Å²) in [5, 5.41) is 2.87. The first-order chi connectivity index (χ1) is 17.1. The van der Waals surface area contributed by atoms with Crippen molar-refractivity contribution in [2.45, 2.75) is 21.8 Å². The van der Waals surface area contributed by atoms with Crippen LogP contribution in [0.15, 0.2) is 54.6 Å². The fraction of sp³-hybridized carbons (Fsp3) is 0.167. The Balaban J connectivity index is 1.74. The fourth-order valence-corrected chi connectivity index (χ4v) is 6.16.